The lowest BCUT2D eigenvalue weighted by Crippen LogP contribution is -2.62. The summed E-state index contributed by atoms with van der Waals surface area (Å²) in [5.41, 5.74) is 9.22. The molecular weight excluding hydrogens is 1080 g/mol. The van der Waals surface area contributed by atoms with Gasteiger partial charge in [0.1, 0.15) is 18.1 Å². The number of rotatable bonds is 9. The lowest BCUT2D eigenvalue weighted by atomic mass is 9.84. The molecule has 4 aromatic rings. The van der Waals surface area contributed by atoms with Gasteiger partial charge in [0.05, 0.1) is 60.1 Å². The Morgan fingerprint density at radius 3 is 2.47 bits per heavy atom. The quantitative estimate of drug-likeness (QED) is 0.147. The van der Waals surface area contributed by atoms with E-state index in [9.17, 15) is 24.0 Å². The van der Waals surface area contributed by atoms with E-state index in [1.807, 2.05) is 32.2 Å². The van der Waals surface area contributed by atoms with Crippen LogP contribution in [0.4, 0.5) is 4.79 Å². The normalized spacial score (nSPS) is 21.0. The smallest absolute Gasteiger partial charge is 0.324 e. The fourth-order valence-corrected chi connectivity index (χ4v) is 11.2. The van der Waals surface area contributed by atoms with Crippen LogP contribution in [0.25, 0.3) is 33.4 Å². The topological polar surface area (TPSA) is 181 Å². The zero-order chi connectivity index (χ0) is 48.6. The van der Waals surface area contributed by atoms with Gasteiger partial charge in [-0.15, -0.1) is 11.3 Å². The van der Waals surface area contributed by atoms with Gasteiger partial charge in [0.25, 0.3) is 5.91 Å². The Hall–Kier alpha value is -3.59. The third kappa shape index (κ3) is 13.7. The van der Waals surface area contributed by atoms with Crippen molar-refractivity contribution in [2.24, 2.45) is 11.3 Å². The highest BCUT2D eigenvalue weighted by Crippen LogP contribution is 2.42. The minimum atomic E-state index is -1.11. The number of amides is 5. The van der Waals surface area contributed by atoms with Crippen LogP contribution in [0.3, 0.4) is 0 Å². The molecule has 5 amide bonds. The summed E-state index contributed by atoms with van der Waals surface area (Å²) in [4.78, 5) is 84.7. The molecule has 1 aromatic carbocycles. The summed E-state index contributed by atoms with van der Waals surface area (Å²) in [6.07, 6.45) is 4.05. The Labute approximate surface area is 481 Å². The van der Waals surface area contributed by atoms with E-state index in [1.165, 1.54) is 27.3 Å². The number of likely N-dealkylation sites (N-methyl/N-ethyl adjacent to an activating group) is 1. The molecule has 0 radical (unpaired) electrons. The first-order valence-corrected chi connectivity index (χ1v) is 24.6. The van der Waals surface area contributed by atoms with Crippen LogP contribution in [0.15, 0.2) is 54.6 Å². The van der Waals surface area contributed by atoms with Crippen LogP contribution in [-0.2, 0) is 52.8 Å². The molecule has 3 fully saturated rings. The van der Waals surface area contributed by atoms with Crippen LogP contribution in [0, 0.1) is 11.3 Å². The van der Waals surface area contributed by atoms with E-state index in [2.05, 4.69) is 66.9 Å². The Morgan fingerprint density at radius 1 is 1.07 bits per heavy atom. The summed E-state index contributed by atoms with van der Waals surface area (Å²) in [5, 5.41) is 8.08. The summed E-state index contributed by atoms with van der Waals surface area (Å²) in [5.74, 6) is -1.98. The number of benzene rings is 1. The fraction of sp³-hybridized carbons (Fsp3) is 0.540. The maximum Gasteiger partial charge on any atom is 0.324 e. The number of nitrogens with one attached hydrogen (secondary N) is 2. The maximum absolute atomic E-state index is 14.7. The van der Waals surface area contributed by atoms with Crippen molar-refractivity contribution in [3.05, 3.63) is 70.8 Å². The molecule has 4 aliphatic heterocycles. The van der Waals surface area contributed by atoms with Gasteiger partial charge in [-0.05, 0) is 74.9 Å². The highest BCUT2D eigenvalue weighted by Gasteiger charge is 2.46. The highest BCUT2D eigenvalue weighted by molar-refractivity contribution is 7.60. The lowest BCUT2D eigenvalue weighted by molar-refractivity contribution is -0.155. The number of esters is 1. The number of aromatic nitrogens is 3. The second-order valence-electron chi connectivity index (χ2n) is 19.5. The number of aryl methyl sites for hydroxylation is 1. The van der Waals surface area contributed by atoms with Crippen LogP contribution in [0.1, 0.15) is 76.8 Å². The van der Waals surface area contributed by atoms with Crippen molar-refractivity contribution in [1.82, 2.24) is 45.0 Å². The number of morpholine rings is 1. The molecule has 7 heterocycles. The van der Waals surface area contributed by atoms with Crippen molar-refractivity contribution in [2.45, 2.75) is 110 Å². The number of methoxy groups -OCH3 is 1. The van der Waals surface area contributed by atoms with E-state index in [-0.39, 0.29) is 137 Å². The first-order chi connectivity index (χ1) is 32.5. The molecule has 74 heavy (non-hydrogen) atoms. The summed E-state index contributed by atoms with van der Waals surface area (Å²) in [6.45, 7) is 18.0. The van der Waals surface area contributed by atoms with E-state index in [4.69, 9.17) is 24.2 Å². The number of carbonyl (C=O) groups is 5. The second kappa shape index (κ2) is 28.2. The summed E-state index contributed by atoms with van der Waals surface area (Å²) >= 11 is 1.40. The van der Waals surface area contributed by atoms with E-state index in [0.29, 0.717) is 50.5 Å². The Kier molecular flexibility index (Phi) is 25.3. The van der Waals surface area contributed by atoms with Gasteiger partial charge in [0, 0.05) is 85.8 Å². The van der Waals surface area contributed by atoms with Gasteiger partial charge in [-0.1, -0.05) is 40.3 Å². The fourth-order valence-electron chi connectivity index (χ4n) is 10.3. The van der Waals surface area contributed by atoms with Gasteiger partial charge in [-0.3, -0.25) is 29.2 Å². The van der Waals surface area contributed by atoms with Crippen molar-refractivity contribution in [3.8, 4) is 22.5 Å². The Bertz CT molecular complexity index is 2600. The molecule has 3 saturated heterocycles. The number of cyclic esters (lactones) is 1. The number of urea groups is 1. The molecule has 8 rings (SSSR count). The molecule has 4 aliphatic rings. The van der Waals surface area contributed by atoms with E-state index >= 15 is 0 Å². The maximum atomic E-state index is 14.7. The number of hydrazine groups is 1. The van der Waals surface area contributed by atoms with Gasteiger partial charge < -0.3 is 38.8 Å². The van der Waals surface area contributed by atoms with Crippen molar-refractivity contribution in [3.63, 3.8) is 0 Å². The monoisotopic (exact) mass is 1160 g/mol. The SMILES string of the molecule is C=CC(=O)N1CCO[C@H]2CN(C(=O)N(C)[C@H](C(=O)N[C@H]3Cc4nc(cs4)-c4ccc5c(c4)c(c(-c4cccnc4[C@H](C)OC)n5CC)CC(C)(C)COC(=O)[C@@H]4CCCN(N4)C3=O)C(C)C)C[C@@H]21.S.S.S.S.S.S. The molecule has 2 N–H and O–H groups in total. The van der Waals surface area contributed by atoms with Crippen LogP contribution >= 0.6 is 92.3 Å². The molecular formula is C50H77N9O8S7. The molecule has 0 unspecified atom stereocenters. The summed E-state index contributed by atoms with van der Waals surface area (Å²) < 4.78 is 20.2. The molecule has 17 nitrogen and oxygen atoms in total. The number of hydrogen-bond acceptors (Lipinski definition) is 12. The minimum Gasteiger partial charge on any atom is -0.464 e. The predicted molar refractivity (Wildman–Crippen MR) is 320 cm³/mol. The average molecular weight is 1160 g/mol. The number of ether oxygens (including phenoxy) is 3. The molecule has 412 valence electrons. The van der Waals surface area contributed by atoms with Crippen molar-refractivity contribution < 1.29 is 38.2 Å². The van der Waals surface area contributed by atoms with Gasteiger partial charge >= 0.3 is 12.0 Å². The van der Waals surface area contributed by atoms with E-state index in [0.717, 1.165) is 44.7 Å². The molecule has 0 aliphatic carbocycles. The Morgan fingerprint density at radius 2 is 1.80 bits per heavy atom. The molecule has 0 spiro atoms. The highest BCUT2D eigenvalue weighted by atomic mass is 32.1. The van der Waals surface area contributed by atoms with Gasteiger partial charge in [0.2, 0.25) is 11.8 Å². The summed E-state index contributed by atoms with van der Waals surface area (Å²) in [7, 11) is 3.27. The van der Waals surface area contributed by atoms with Crippen LogP contribution in [0.2, 0.25) is 0 Å². The van der Waals surface area contributed by atoms with Gasteiger partial charge in [-0.2, -0.15) is 81.0 Å². The van der Waals surface area contributed by atoms with Crippen LogP contribution in [-0.4, -0.2) is 148 Å². The van der Waals surface area contributed by atoms with Crippen molar-refractivity contribution in [1.29, 1.82) is 0 Å². The molecule has 24 heteroatoms. The standard InChI is InChI=1S/C50H65N9O8S.6H2S/c1-10-42(60)58-20-21-66-40-26-56(25-39(40)58)49(64)55(8)44(29(3)4)46(61)53-36-23-41-52-37(27-68-41)31-16-17-38-33(22-31)34(45(57(38)11-2)32-14-12-18-51-43(32)30(5)65-9)24-50(6,7)28-67-48(63)35-15-13-19-59(54-35)47(36)62;;;;;;/h10,12,14,16-18,22,27,29-30,35-36,39-40,44,54H,1,11,13,15,19-21,23-26,28H2,2-9H3,(H,53,61);6*1H2/t30-,35-,36-,39-,40-,44-;;;;;;/m0....../s1. The number of pyridine rings is 1. The van der Waals surface area contributed by atoms with Crippen molar-refractivity contribution in [2.75, 3.05) is 53.6 Å². The molecule has 6 atom stereocenters. The van der Waals surface area contributed by atoms with Gasteiger partial charge in [-0.25, -0.2) is 15.2 Å². The number of carbonyl (C=O) groups excluding carboxylic acids is 5. The first kappa shape index (κ1) is 66.5. The molecule has 3 aromatic heterocycles. The number of thiazole rings is 1. The molecule has 6 bridgehead atoms. The van der Waals surface area contributed by atoms with Crippen LogP contribution < -0.4 is 10.7 Å². The lowest BCUT2D eigenvalue weighted by Gasteiger charge is -2.37. The zero-order valence-electron chi connectivity index (χ0n) is 43.5. The van der Waals surface area contributed by atoms with Gasteiger partial charge in [0.15, 0.2) is 0 Å². The average Bonchev–Trinajstić information content (AvgIpc) is 4.07. The zero-order valence-corrected chi connectivity index (χ0v) is 50.3. The number of likely N-dealkylation sites (tertiary alicyclic amines) is 1. The predicted octanol–water partition coefficient (Wildman–Crippen LogP) is 6.05. The van der Waals surface area contributed by atoms with E-state index in [1.54, 1.807) is 30.2 Å². The van der Waals surface area contributed by atoms with E-state index < -0.39 is 47.4 Å². The Balaban J connectivity index is 0.00000312. The third-order valence-electron chi connectivity index (χ3n) is 13.8. The number of nitrogens with zero attached hydrogens (tertiary/aromatic N) is 7. The largest absolute Gasteiger partial charge is 0.464 e. The summed E-state index contributed by atoms with van der Waals surface area (Å²) in [6, 6.07) is 6.80. The van der Waals surface area contributed by atoms with Crippen LogP contribution in [0.5, 0.6) is 0 Å². The molecule has 0 saturated carbocycles. The third-order valence-corrected chi connectivity index (χ3v) is 14.7. The second-order valence-corrected chi connectivity index (χ2v) is 20.4. The first-order valence-electron chi connectivity index (χ1n) is 23.7. The minimum absolute atomic E-state index is 0. The number of fused-ring (bicyclic) bond motifs is 7. The number of hydrogen-bond donors (Lipinski definition) is 2. The van der Waals surface area contributed by atoms with Crippen molar-refractivity contribution >= 4 is 133 Å².